The molecule has 0 saturated carbocycles. The predicted octanol–water partition coefficient (Wildman–Crippen LogP) is 1.92. The lowest BCUT2D eigenvalue weighted by Crippen LogP contribution is -2.23. The number of nitrogens with zero attached hydrogens (tertiary/aromatic N) is 2. The van der Waals surface area contributed by atoms with E-state index < -0.39 is 10.0 Å². The Bertz CT molecular complexity index is 549. The second kappa shape index (κ2) is 7.98. The number of rotatable bonds is 6. The quantitative estimate of drug-likeness (QED) is 0.796. The molecule has 0 aliphatic heterocycles. The Balaban J connectivity index is 0.00000400. The zero-order valence-electron chi connectivity index (χ0n) is 13.5. The van der Waals surface area contributed by atoms with Crippen molar-refractivity contribution in [3.8, 4) is 5.75 Å². The van der Waals surface area contributed by atoms with Gasteiger partial charge in [0, 0.05) is 20.6 Å². The first kappa shape index (κ1) is 20.2. The highest BCUT2D eigenvalue weighted by atomic mass is 35.5. The summed E-state index contributed by atoms with van der Waals surface area (Å²) >= 11 is 0. The van der Waals surface area contributed by atoms with Gasteiger partial charge in [-0.2, -0.15) is 0 Å². The molecule has 0 unspecified atom stereocenters. The Morgan fingerprint density at radius 2 is 1.52 bits per heavy atom. The molecule has 1 aromatic rings. The summed E-state index contributed by atoms with van der Waals surface area (Å²) in [6.07, 6.45) is 0. The molecule has 7 heteroatoms. The lowest BCUT2D eigenvalue weighted by Gasteiger charge is -2.17. The van der Waals surface area contributed by atoms with Gasteiger partial charge < -0.3 is 9.64 Å². The molecule has 0 atom stereocenters. The van der Waals surface area contributed by atoms with Gasteiger partial charge in [-0.1, -0.05) is 0 Å². The van der Waals surface area contributed by atoms with E-state index in [0.29, 0.717) is 11.5 Å². The maximum absolute atomic E-state index is 12.1. The van der Waals surface area contributed by atoms with Crippen LogP contribution in [-0.4, -0.2) is 59.0 Å². The summed E-state index contributed by atoms with van der Waals surface area (Å²) in [6, 6.07) is 3.32. The molecule has 0 bridgehead atoms. The van der Waals surface area contributed by atoms with Crippen molar-refractivity contribution in [2.45, 2.75) is 18.7 Å². The Morgan fingerprint density at radius 1 is 1.05 bits per heavy atom. The van der Waals surface area contributed by atoms with Crippen molar-refractivity contribution in [3.05, 3.63) is 23.3 Å². The number of benzene rings is 1. The van der Waals surface area contributed by atoms with Crippen LogP contribution >= 0.6 is 12.4 Å². The van der Waals surface area contributed by atoms with Crippen molar-refractivity contribution in [1.29, 1.82) is 0 Å². The molecule has 1 rings (SSSR count). The fourth-order valence-corrected chi connectivity index (χ4v) is 2.90. The smallest absolute Gasteiger partial charge is 0.242 e. The van der Waals surface area contributed by atoms with Gasteiger partial charge in [0.1, 0.15) is 12.4 Å². The first-order valence-electron chi connectivity index (χ1n) is 6.47. The Morgan fingerprint density at radius 3 is 1.90 bits per heavy atom. The number of likely N-dealkylation sites (N-methyl/N-ethyl adjacent to an activating group) is 1. The van der Waals surface area contributed by atoms with Crippen LogP contribution in [0.3, 0.4) is 0 Å². The monoisotopic (exact) mass is 336 g/mol. The van der Waals surface area contributed by atoms with Crippen LogP contribution in [0, 0.1) is 13.8 Å². The third-order valence-corrected chi connectivity index (χ3v) is 4.79. The van der Waals surface area contributed by atoms with E-state index >= 15 is 0 Å². The van der Waals surface area contributed by atoms with Crippen LogP contribution in [-0.2, 0) is 10.0 Å². The van der Waals surface area contributed by atoms with Gasteiger partial charge in [-0.15, -0.1) is 12.4 Å². The molecule has 1 aromatic carbocycles. The number of hydrogen-bond acceptors (Lipinski definition) is 4. The minimum Gasteiger partial charge on any atom is -0.492 e. The molecular formula is C14H25ClN2O3S. The van der Waals surface area contributed by atoms with E-state index in [4.69, 9.17) is 4.74 Å². The standard InChI is InChI=1S/C14H24N2O3S.ClH/c1-11-9-13(20(17,18)16(5)6)10-12(2)14(11)19-8-7-15(3)4;/h9-10H,7-8H2,1-6H3;1H. The van der Waals surface area contributed by atoms with Crippen molar-refractivity contribution in [3.63, 3.8) is 0 Å². The van der Waals surface area contributed by atoms with Crippen molar-refractivity contribution in [2.24, 2.45) is 0 Å². The zero-order chi connectivity index (χ0) is 15.5. The SMILES string of the molecule is Cc1cc(S(=O)(=O)N(C)C)cc(C)c1OCCN(C)C.Cl. The Kier molecular flexibility index (Phi) is 7.67. The highest BCUT2D eigenvalue weighted by molar-refractivity contribution is 7.89. The Hall–Kier alpha value is -0.820. The minimum atomic E-state index is -3.40. The minimum absolute atomic E-state index is 0. The average molecular weight is 337 g/mol. The maximum atomic E-state index is 12.1. The molecule has 0 fully saturated rings. The number of halogens is 1. The molecule has 0 N–H and O–H groups in total. The average Bonchev–Trinajstić information content (AvgIpc) is 2.31. The predicted molar refractivity (Wildman–Crippen MR) is 88.1 cm³/mol. The van der Waals surface area contributed by atoms with Crippen LogP contribution in [0.25, 0.3) is 0 Å². The van der Waals surface area contributed by atoms with Gasteiger partial charge in [-0.25, -0.2) is 12.7 Å². The summed E-state index contributed by atoms with van der Waals surface area (Å²) in [5, 5.41) is 0. The number of aryl methyl sites for hydroxylation is 2. The van der Waals surface area contributed by atoms with Crippen LogP contribution in [0.15, 0.2) is 17.0 Å². The molecule has 0 spiro atoms. The maximum Gasteiger partial charge on any atom is 0.242 e. The highest BCUT2D eigenvalue weighted by Gasteiger charge is 2.19. The van der Waals surface area contributed by atoms with Crippen LogP contribution in [0.1, 0.15) is 11.1 Å². The summed E-state index contributed by atoms with van der Waals surface area (Å²) in [5.41, 5.74) is 1.67. The molecule has 0 heterocycles. The molecule has 0 saturated heterocycles. The second-order valence-electron chi connectivity index (χ2n) is 5.33. The first-order valence-corrected chi connectivity index (χ1v) is 7.91. The fourth-order valence-electron chi connectivity index (χ4n) is 1.83. The summed E-state index contributed by atoms with van der Waals surface area (Å²) in [6.45, 7) is 5.13. The van der Waals surface area contributed by atoms with Crippen LogP contribution in [0.5, 0.6) is 5.75 Å². The largest absolute Gasteiger partial charge is 0.492 e. The molecular weight excluding hydrogens is 312 g/mol. The third kappa shape index (κ3) is 5.14. The van der Waals surface area contributed by atoms with E-state index in [1.807, 2.05) is 32.8 Å². The van der Waals surface area contributed by atoms with Crippen LogP contribution in [0.2, 0.25) is 0 Å². The van der Waals surface area contributed by atoms with Gasteiger partial charge in [-0.3, -0.25) is 0 Å². The summed E-state index contributed by atoms with van der Waals surface area (Å²) in [5.74, 6) is 0.768. The van der Waals surface area contributed by atoms with E-state index in [-0.39, 0.29) is 12.4 Å². The molecule has 0 aliphatic carbocycles. The molecule has 122 valence electrons. The number of sulfonamides is 1. The first-order chi connectivity index (χ1) is 9.16. The topological polar surface area (TPSA) is 49.9 Å². The summed E-state index contributed by atoms with van der Waals surface area (Å²) < 4.78 is 31.2. The molecule has 5 nitrogen and oxygen atoms in total. The van der Waals surface area contributed by atoms with E-state index in [9.17, 15) is 8.42 Å². The summed E-state index contributed by atoms with van der Waals surface area (Å²) in [4.78, 5) is 2.34. The van der Waals surface area contributed by atoms with E-state index in [1.54, 1.807) is 12.1 Å². The van der Waals surface area contributed by atoms with Crippen molar-refractivity contribution in [2.75, 3.05) is 41.3 Å². The van der Waals surface area contributed by atoms with Crippen LogP contribution in [0.4, 0.5) is 0 Å². The van der Waals surface area contributed by atoms with Gasteiger partial charge in [0.2, 0.25) is 10.0 Å². The van der Waals surface area contributed by atoms with Gasteiger partial charge >= 0.3 is 0 Å². The van der Waals surface area contributed by atoms with Crippen molar-refractivity contribution < 1.29 is 13.2 Å². The van der Waals surface area contributed by atoms with Gasteiger partial charge in [-0.05, 0) is 51.2 Å². The molecule has 21 heavy (non-hydrogen) atoms. The lowest BCUT2D eigenvalue weighted by molar-refractivity contribution is 0.258. The molecule has 0 radical (unpaired) electrons. The van der Waals surface area contributed by atoms with E-state index in [1.165, 1.54) is 18.4 Å². The number of ether oxygens (including phenoxy) is 1. The normalized spacial score (nSPS) is 11.6. The Labute approximate surface area is 134 Å². The van der Waals surface area contributed by atoms with Gasteiger partial charge in [0.15, 0.2) is 0 Å². The second-order valence-corrected chi connectivity index (χ2v) is 7.48. The fraction of sp³-hybridized carbons (Fsp3) is 0.571. The van der Waals surface area contributed by atoms with Crippen LogP contribution < -0.4 is 4.74 Å². The molecule has 0 aromatic heterocycles. The van der Waals surface area contributed by atoms with E-state index in [2.05, 4.69) is 0 Å². The number of hydrogen-bond donors (Lipinski definition) is 0. The zero-order valence-corrected chi connectivity index (χ0v) is 15.1. The lowest BCUT2D eigenvalue weighted by atomic mass is 10.1. The summed E-state index contributed by atoms with van der Waals surface area (Å²) in [7, 11) is 3.62. The van der Waals surface area contributed by atoms with Gasteiger partial charge in [0.05, 0.1) is 4.90 Å². The molecule has 0 amide bonds. The third-order valence-electron chi connectivity index (χ3n) is 3.00. The van der Waals surface area contributed by atoms with Crippen molar-refractivity contribution >= 4 is 22.4 Å². The van der Waals surface area contributed by atoms with Gasteiger partial charge in [0.25, 0.3) is 0 Å². The van der Waals surface area contributed by atoms with E-state index in [0.717, 1.165) is 23.4 Å². The highest BCUT2D eigenvalue weighted by Crippen LogP contribution is 2.27. The molecule has 0 aliphatic rings. The van der Waals surface area contributed by atoms with Crippen molar-refractivity contribution in [1.82, 2.24) is 9.21 Å².